The topological polar surface area (TPSA) is 54.9 Å². The normalized spacial score (nSPS) is 10.4. The molecule has 1 aromatic heterocycles. The van der Waals surface area contributed by atoms with Crippen molar-refractivity contribution in [3.63, 3.8) is 0 Å². The molecule has 0 saturated heterocycles. The number of anilines is 1. The Balaban J connectivity index is 2.55. The van der Waals surface area contributed by atoms with Gasteiger partial charge in [-0.1, -0.05) is 26.7 Å². The first-order valence-corrected chi connectivity index (χ1v) is 5.85. The van der Waals surface area contributed by atoms with Gasteiger partial charge in [-0.2, -0.15) is 0 Å². The highest BCUT2D eigenvalue weighted by molar-refractivity contribution is 5.90. The molecule has 0 aliphatic rings. The van der Waals surface area contributed by atoms with Gasteiger partial charge >= 0.3 is 0 Å². The Bertz CT molecular complexity index is 307. The van der Waals surface area contributed by atoms with Crippen LogP contribution in [0.5, 0.6) is 0 Å². The van der Waals surface area contributed by atoms with E-state index < -0.39 is 0 Å². The standard InChI is InChI=1S/C12H19N3O/c1-3-6-10(7-4-2)11(16)15-12-13-8-5-9-14-12/h5,8-10H,3-4,6-7H2,1-2H3,(H,13,14,15,16). The quantitative estimate of drug-likeness (QED) is 0.803. The number of rotatable bonds is 6. The number of nitrogens with zero attached hydrogens (tertiary/aromatic N) is 2. The van der Waals surface area contributed by atoms with Gasteiger partial charge in [-0.25, -0.2) is 9.97 Å². The third kappa shape index (κ3) is 3.96. The molecule has 0 aliphatic carbocycles. The van der Waals surface area contributed by atoms with E-state index in [1.165, 1.54) is 0 Å². The van der Waals surface area contributed by atoms with Crippen molar-refractivity contribution >= 4 is 11.9 Å². The second kappa shape index (κ2) is 6.93. The van der Waals surface area contributed by atoms with E-state index in [1.807, 2.05) is 0 Å². The summed E-state index contributed by atoms with van der Waals surface area (Å²) in [6, 6.07) is 1.73. The summed E-state index contributed by atoms with van der Waals surface area (Å²) in [5.74, 6) is 0.512. The summed E-state index contributed by atoms with van der Waals surface area (Å²) in [6.45, 7) is 4.18. The lowest BCUT2D eigenvalue weighted by Gasteiger charge is -2.13. The summed E-state index contributed by atoms with van der Waals surface area (Å²) < 4.78 is 0. The third-order valence-electron chi connectivity index (χ3n) is 2.45. The lowest BCUT2D eigenvalue weighted by atomic mass is 9.97. The largest absolute Gasteiger partial charge is 0.294 e. The first-order valence-electron chi connectivity index (χ1n) is 5.85. The molecule has 0 bridgehead atoms. The van der Waals surface area contributed by atoms with Gasteiger partial charge in [-0.3, -0.25) is 10.1 Å². The van der Waals surface area contributed by atoms with Gasteiger partial charge in [0, 0.05) is 18.3 Å². The molecule has 0 radical (unpaired) electrons. The molecule has 4 heteroatoms. The summed E-state index contributed by atoms with van der Waals surface area (Å²) >= 11 is 0. The number of amides is 1. The Hall–Kier alpha value is -1.45. The Morgan fingerprint density at radius 1 is 1.25 bits per heavy atom. The van der Waals surface area contributed by atoms with E-state index in [-0.39, 0.29) is 11.8 Å². The van der Waals surface area contributed by atoms with Crippen LogP contribution >= 0.6 is 0 Å². The fourth-order valence-electron chi connectivity index (χ4n) is 1.68. The van der Waals surface area contributed by atoms with E-state index in [0.717, 1.165) is 25.7 Å². The zero-order chi connectivity index (χ0) is 11.8. The first-order chi connectivity index (χ1) is 7.77. The summed E-state index contributed by atoms with van der Waals surface area (Å²) in [4.78, 5) is 19.9. The van der Waals surface area contributed by atoms with Gasteiger partial charge in [0.15, 0.2) is 0 Å². The van der Waals surface area contributed by atoms with Crippen molar-refractivity contribution in [2.24, 2.45) is 5.92 Å². The number of nitrogens with one attached hydrogen (secondary N) is 1. The second-order valence-corrected chi connectivity index (χ2v) is 3.84. The Morgan fingerprint density at radius 3 is 2.31 bits per heavy atom. The molecule has 0 aliphatic heterocycles. The Kier molecular flexibility index (Phi) is 5.46. The van der Waals surface area contributed by atoms with Crippen molar-refractivity contribution in [1.82, 2.24) is 9.97 Å². The minimum absolute atomic E-state index is 0.0369. The highest BCUT2D eigenvalue weighted by atomic mass is 16.2. The minimum Gasteiger partial charge on any atom is -0.294 e. The maximum absolute atomic E-state index is 11.9. The Labute approximate surface area is 96.5 Å². The van der Waals surface area contributed by atoms with Crippen LogP contribution in [0.2, 0.25) is 0 Å². The molecule has 0 fully saturated rings. The highest BCUT2D eigenvalue weighted by Crippen LogP contribution is 2.15. The zero-order valence-electron chi connectivity index (χ0n) is 9.94. The predicted molar refractivity (Wildman–Crippen MR) is 64.0 cm³/mol. The lowest BCUT2D eigenvalue weighted by molar-refractivity contribution is -0.120. The van der Waals surface area contributed by atoms with Gasteiger partial charge in [0.1, 0.15) is 0 Å². The van der Waals surface area contributed by atoms with Gasteiger partial charge in [-0.05, 0) is 18.9 Å². The van der Waals surface area contributed by atoms with E-state index in [1.54, 1.807) is 18.5 Å². The molecule has 1 amide bonds. The molecule has 1 heterocycles. The van der Waals surface area contributed by atoms with Gasteiger partial charge in [-0.15, -0.1) is 0 Å². The van der Waals surface area contributed by atoms with Crippen molar-refractivity contribution in [2.45, 2.75) is 39.5 Å². The number of carbonyl (C=O) groups excluding carboxylic acids is 1. The van der Waals surface area contributed by atoms with Crippen molar-refractivity contribution in [3.05, 3.63) is 18.5 Å². The second-order valence-electron chi connectivity index (χ2n) is 3.84. The fraction of sp³-hybridized carbons (Fsp3) is 0.583. The average molecular weight is 221 g/mol. The zero-order valence-corrected chi connectivity index (χ0v) is 9.94. The van der Waals surface area contributed by atoms with Crippen LogP contribution in [0.1, 0.15) is 39.5 Å². The molecule has 0 unspecified atom stereocenters. The van der Waals surface area contributed by atoms with Crippen molar-refractivity contribution < 1.29 is 4.79 Å². The molecule has 1 aromatic rings. The molecular formula is C12H19N3O. The maximum Gasteiger partial charge on any atom is 0.229 e. The van der Waals surface area contributed by atoms with Crippen molar-refractivity contribution in [2.75, 3.05) is 5.32 Å². The molecule has 88 valence electrons. The van der Waals surface area contributed by atoms with E-state index >= 15 is 0 Å². The SMILES string of the molecule is CCCC(CCC)C(=O)Nc1ncccn1. The van der Waals surface area contributed by atoms with Gasteiger partial charge < -0.3 is 0 Å². The molecular weight excluding hydrogens is 202 g/mol. The maximum atomic E-state index is 11.9. The van der Waals surface area contributed by atoms with Crippen molar-refractivity contribution in [1.29, 1.82) is 0 Å². The van der Waals surface area contributed by atoms with E-state index in [9.17, 15) is 4.79 Å². The fourth-order valence-corrected chi connectivity index (χ4v) is 1.68. The molecule has 0 atom stereocenters. The number of hydrogen-bond acceptors (Lipinski definition) is 3. The molecule has 1 N–H and O–H groups in total. The summed E-state index contributed by atoms with van der Waals surface area (Å²) in [5.41, 5.74) is 0. The van der Waals surface area contributed by atoms with Gasteiger partial charge in [0.05, 0.1) is 0 Å². The smallest absolute Gasteiger partial charge is 0.229 e. The van der Waals surface area contributed by atoms with E-state index in [4.69, 9.17) is 0 Å². The van der Waals surface area contributed by atoms with Crippen LogP contribution in [0, 0.1) is 5.92 Å². The number of carbonyl (C=O) groups is 1. The molecule has 16 heavy (non-hydrogen) atoms. The van der Waals surface area contributed by atoms with Crippen LogP contribution in [0.25, 0.3) is 0 Å². The highest BCUT2D eigenvalue weighted by Gasteiger charge is 2.17. The lowest BCUT2D eigenvalue weighted by Crippen LogP contribution is -2.23. The van der Waals surface area contributed by atoms with Crippen LogP contribution in [-0.4, -0.2) is 15.9 Å². The summed E-state index contributed by atoms with van der Waals surface area (Å²) in [5, 5.41) is 2.75. The molecule has 0 saturated carbocycles. The number of aromatic nitrogens is 2. The third-order valence-corrected chi connectivity index (χ3v) is 2.45. The van der Waals surface area contributed by atoms with Crippen LogP contribution in [0.15, 0.2) is 18.5 Å². The molecule has 0 spiro atoms. The van der Waals surface area contributed by atoms with Gasteiger partial charge in [0.2, 0.25) is 11.9 Å². The van der Waals surface area contributed by atoms with Crippen molar-refractivity contribution in [3.8, 4) is 0 Å². The van der Waals surface area contributed by atoms with Gasteiger partial charge in [0.25, 0.3) is 0 Å². The van der Waals surface area contributed by atoms with E-state index in [2.05, 4.69) is 29.1 Å². The van der Waals surface area contributed by atoms with Crippen LogP contribution in [-0.2, 0) is 4.79 Å². The predicted octanol–water partition coefficient (Wildman–Crippen LogP) is 2.63. The summed E-state index contributed by atoms with van der Waals surface area (Å²) in [7, 11) is 0. The first kappa shape index (κ1) is 12.6. The van der Waals surface area contributed by atoms with E-state index in [0.29, 0.717) is 5.95 Å². The molecule has 4 nitrogen and oxygen atoms in total. The number of hydrogen-bond donors (Lipinski definition) is 1. The average Bonchev–Trinajstić information content (AvgIpc) is 2.30. The minimum atomic E-state index is 0.0369. The molecule has 1 rings (SSSR count). The Morgan fingerprint density at radius 2 is 1.81 bits per heavy atom. The monoisotopic (exact) mass is 221 g/mol. The molecule has 0 aromatic carbocycles. The summed E-state index contributed by atoms with van der Waals surface area (Å²) in [6.07, 6.45) is 7.13. The van der Waals surface area contributed by atoms with Crippen LogP contribution in [0.3, 0.4) is 0 Å². The van der Waals surface area contributed by atoms with Crippen LogP contribution < -0.4 is 5.32 Å². The van der Waals surface area contributed by atoms with Crippen LogP contribution in [0.4, 0.5) is 5.95 Å².